The van der Waals surface area contributed by atoms with Gasteiger partial charge in [0.05, 0.1) is 0 Å². The smallest absolute Gasteiger partial charge is 0.193 e. The standard InChI is InChI=1S/C25H32N4/c1-26-25(27-19-23-14-17-29(20-23)24-10-6-3-7-11-24)28-15-12-22(13-16-28)18-21-8-4-2-5-9-21/h2-11,18,23H,12-17,19-20H2,1H3,(H,26,27). The molecule has 1 N–H and O–H groups in total. The molecule has 4 nitrogen and oxygen atoms in total. The van der Waals surface area contributed by atoms with Crippen LogP contribution in [0.4, 0.5) is 5.69 Å². The van der Waals surface area contributed by atoms with Gasteiger partial charge in [0, 0.05) is 45.5 Å². The first kappa shape index (κ1) is 19.6. The average Bonchev–Trinajstić information content (AvgIpc) is 3.26. The van der Waals surface area contributed by atoms with Crippen molar-refractivity contribution >= 4 is 17.7 Å². The number of para-hydroxylation sites is 1. The van der Waals surface area contributed by atoms with E-state index in [2.05, 4.69) is 86.8 Å². The predicted octanol–water partition coefficient (Wildman–Crippen LogP) is 4.27. The van der Waals surface area contributed by atoms with Gasteiger partial charge >= 0.3 is 0 Å². The van der Waals surface area contributed by atoms with Crippen molar-refractivity contribution in [3.05, 3.63) is 71.8 Å². The number of guanidine groups is 1. The lowest BCUT2D eigenvalue weighted by atomic mass is 10.0. The van der Waals surface area contributed by atoms with Gasteiger partial charge in [-0.2, -0.15) is 0 Å². The Morgan fingerprint density at radius 2 is 1.69 bits per heavy atom. The predicted molar refractivity (Wildman–Crippen MR) is 123 cm³/mol. The number of rotatable bonds is 4. The van der Waals surface area contributed by atoms with Crippen LogP contribution in [-0.2, 0) is 0 Å². The fourth-order valence-corrected chi connectivity index (χ4v) is 4.38. The minimum Gasteiger partial charge on any atom is -0.371 e. The number of nitrogens with one attached hydrogen (secondary N) is 1. The molecule has 0 bridgehead atoms. The zero-order chi connectivity index (χ0) is 19.9. The molecule has 4 heteroatoms. The van der Waals surface area contributed by atoms with Crippen molar-refractivity contribution < 1.29 is 0 Å². The van der Waals surface area contributed by atoms with E-state index in [0.717, 1.165) is 51.5 Å². The Bertz CT molecular complexity index is 818. The largest absolute Gasteiger partial charge is 0.371 e. The van der Waals surface area contributed by atoms with E-state index in [-0.39, 0.29) is 0 Å². The molecule has 0 saturated carbocycles. The lowest BCUT2D eigenvalue weighted by Gasteiger charge is -2.32. The molecule has 0 spiro atoms. The molecule has 0 amide bonds. The van der Waals surface area contributed by atoms with Gasteiger partial charge in [-0.3, -0.25) is 4.99 Å². The van der Waals surface area contributed by atoms with Gasteiger partial charge < -0.3 is 15.1 Å². The third kappa shape index (κ3) is 5.20. The number of anilines is 1. The molecule has 2 fully saturated rings. The number of nitrogens with zero attached hydrogens (tertiary/aromatic N) is 3. The van der Waals surface area contributed by atoms with Crippen LogP contribution in [0.15, 0.2) is 71.2 Å². The quantitative estimate of drug-likeness (QED) is 0.627. The van der Waals surface area contributed by atoms with Crippen LogP contribution >= 0.6 is 0 Å². The maximum Gasteiger partial charge on any atom is 0.193 e. The molecule has 0 aromatic heterocycles. The molecule has 2 aliphatic rings. The van der Waals surface area contributed by atoms with Crippen molar-refractivity contribution in [2.24, 2.45) is 10.9 Å². The van der Waals surface area contributed by atoms with Crippen molar-refractivity contribution in [1.29, 1.82) is 0 Å². The van der Waals surface area contributed by atoms with Crippen molar-refractivity contribution in [2.75, 3.05) is 44.7 Å². The summed E-state index contributed by atoms with van der Waals surface area (Å²) in [5.41, 5.74) is 4.19. The summed E-state index contributed by atoms with van der Waals surface area (Å²) in [6, 6.07) is 21.4. The van der Waals surface area contributed by atoms with Crippen LogP contribution < -0.4 is 10.2 Å². The van der Waals surface area contributed by atoms with Gasteiger partial charge in [0.1, 0.15) is 0 Å². The zero-order valence-electron chi connectivity index (χ0n) is 17.4. The van der Waals surface area contributed by atoms with Crippen molar-refractivity contribution in [1.82, 2.24) is 10.2 Å². The second kappa shape index (κ2) is 9.64. The molecule has 0 aliphatic carbocycles. The van der Waals surface area contributed by atoms with Crippen molar-refractivity contribution in [3.63, 3.8) is 0 Å². The SMILES string of the molecule is CN=C(NCC1CCN(c2ccccc2)C1)N1CCC(=Cc2ccccc2)CC1. The first-order chi connectivity index (χ1) is 14.3. The first-order valence-electron chi connectivity index (χ1n) is 10.8. The summed E-state index contributed by atoms with van der Waals surface area (Å²) in [4.78, 5) is 9.46. The van der Waals surface area contributed by atoms with E-state index in [1.165, 1.54) is 23.2 Å². The van der Waals surface area contributed by atoms with E-state index in [9.17, 15) is 0 Å². The number of hydrogen-bond acceptors (Lipinski definition) is 2. The second-order valence-electron chi connectivity index (χ2n) is 8.06. The molecule has 4 rings (SSSR count). The third-order valence-electron chi connectivity index (χ3n) is 6.04. The van der Waals surface area contributed by atoms with Crippen LogP contribution in [0.2, 0.25) is 0 Å². The summed E-state index contributed by atoms with van der Waals surface area (Å²) in [5, 5.41) is 3.65. The van der Waals surface area contributed by atoms with E-state index in [0.29, 0.717) is 5.92 Å². The fraction of sp³-hybridized carbons (Fsp3) is 0.400. The number of benzene rings is 2. The van der Waals surface area contributed by atoms with Crippen LogP contribution in [0, 0.1) is 5.92 Å². The molecule has 1 unspecified atom stereocenters. The highest BCUT2D eigenvalue weighted by atomic mass is 15.3. The van der Waals surface area contributed by atoms with Crippen LogP contribution in [0.1, 0.15) is 24.8 Å². The van der Waals surface area contributed by atoms with Gasteiger partial charge in [0.25, 0.3) is 0 Å². The Hall–Kier alpha value is -2.75. The topological polar surface area (TPSA) is 30.9 Å². The lowest BCUT2D eigenvalue weighted by molar-refractivity contribution is 0.372. The number of likely N-dealkylation sites (tertiary alicyclic amines) is 1. The molecule has 1 atom stereocenters. The molecule has 2 heterocycles. The lowest BCUT2D eigenvalue weighted by Crippen LogP contribution is -2.46. The fourth-order valence-electron chi connectivity index (χ4n) is 4.38. The van der Waals surface area contributed by atoms with Crippen molar-refractivity contribution in [2.45, 2.75) is 19.3 Å². The molecular formula is C25H32N4. The highest BCUT2D eigenvalue weighted by molar-refractivity contribution is 5.80. The van der Waals surface area contributed by atoms with E-state index < -0.39 is 0 Å². The van der Waals surface area contributed by atoms with Crippen molar-refractivity contribution in [3.8, 4) is 0 Å². The monoisotopic (exact) mass is 388 g/mol. The van der Waals surface area contributed by atoms with Gasteiger partial charge in [0.2, 0.25) is 0 Å². The second-order valence-corrected chi connectivity index (χ2v) is 8.06. The molecule has 0 radical (unpaired) electrons. The van der Waals surface area contributed by atoms with Gasteiger partial charge in [-0.1, -0.05) is 60.2 Å². The Labute approximate surface area is 174 Å². The van der Waals surface area contributed by atoms with Gasteiger partial charge in [-0.15, -0.1) is 0 Å². The van der Waals surface area contributed by atoms with Crippen LogP contribution in [0.5, 0.6) is 0 Å². The van der Waals surface area contributed by atoms with E-state index in [4.69, 9.17) is 0 Å². The minimum absolute atomic E-state index is 0.672. The normalized spacial score (nSPS) is 20.1. The summed E-state index contributed by atoms with van der Waals surface area (Å²) in [6.45, 7) is 5.35. The van der Waals surface area contributed by atoms with Crippen LogP contribution in [0.25, 0.3) is 6.08 Å². The van der Waals surface area contributed by atoms with E-state index in [1.807, 2.05) is 7.05 Å². The number of aliphatic imine (C=N–C) groups is 1. The zero-order valence-corrected chi connectivity index (χ0v) is 17.4. The summed E-state index contributed by atoms with van der Waals surface area (Å²) in [7, 11) is 1.91. The molecule has 29 heavy (non-hydrogen) atoms. The highest BCUT2D eigenvalue weighted by Gasteiger charge is 2.24. The number of piperidine rings is 1. The van der Waals surface area contributed by atoms with Gasteiger partial charge in [-0.25, -0.2) is 0 Å². The molecule has 2 aromatic rings. The first-order valence-corrected chi connectivity index (χ1v) is 10.8. The van der Waals surface area contributed by atoms with E-state index >= 15 is 0 Å². The Balaban J connectivity index is 1.25. The molecule has 2 saturated heterocycles. The Kier molecular flexibility index (Phi) is 6.50. The van der Waals surface area contributed by atoms with Gasteiger partial charge in [-0.05, 0) is 42.9 Å². The minimum atomic E-state index is 0.672. The van der Waals surface area contributed by atoms with Gasteiger partial charge in [0.15, 0.2) is 5.96 Å². The number of hydrogen-bond donors (Lipinski definition) is 1. The molecule has 152 valence electrons. The summed E-state index contributed by atoms with van der Waals surface area (Å²) >= 11 is 0. The van der Waals surface area contributed by atoms with Crippen LogP contribution in [-0.4, -0.2) is 50.6 Å². The Morgan fingerprint density at radius 1 is 1.00 bits per heavy atom. The average molecular weight is 389 g/mol. The molecule has 2 aromatic carbocycles. The molecular weight excluding hydrogens is 356 g/mol. The maximum absolute atomic E-state index is 4.56. The van der Waals surface area contributed by atoms with E-state index in [1.54, 1.807) is 0 Å². The van der Waals surface area contributed by atoms with Crippen LogP contribution in [0.3, 0.4) is 0 Å². The summed E-state index contributed by atoms with van der Waals surface area (Å²) < 4.78 is 0. The summed E-state index contributed by atoms with van der Waals surface area (Å²) in [6.07, 6.45) is 5.81. The third-order valence-corrected chi connectivity index (χ3v) is 6.04. The molecule has 2 aliphatic heterocycles. The maximum atomic E-state index is 4.56. The summed E-state index contributed by atoms with van der Waals surface area (Å²) in [5.74, 6) is 1.73. The Morgan fingerprint density at radius 3 is 2.38 bits per heavy atom. The highest BCUT2D eigenvalue weighted by Crippen LogP contribution is 2.23.